The van der Waals surface area contributed by atoms with Gasteiger partial charge in [0, 0.05) is 6.92 Å². The van der Waals surface area contributed by atoms with Gasteiger partial charge in [0.15, 0.2) is 6.29 Å². The van der Waals surface area contributed by atoms with Crippen LogP contribution < -0.4 is 0 Å². The van der Waals surface area contributed by atoms with E-state index in [1.165, 1.54) is 14.0 Å². The first-order valence-corrected chi connectivity index (χ1v) is 10.9. The Labute approximate surface area is 198 Å². The maximum absolute atomic E-state index is 11.6. The molecule has 3 unspecified atom stereocenters. The number of rotatable bonds is 11. The molecule has 0 aliphatic carbocycles. The summed E-state index contributed by atoms with van der Waals surface area (Å²) in [6, 6.07) is 18.8. The zero-order valence-electron chi connectivity index (χ0n) is 19.2. The molecule has 0 bridgehead atoms. The van der Waals surface area contributed by atoms with Gasteiger partial charge in [-0.15, -0.1) is 0 Å². The van der Waals surface area contributed by atoms with Crippen molar-refractivity contribution in [2.75, 3.05) is 20.3 Å². The second-order valence-corrected chi connectivity index (χ2v) is 7.75. The fourth-order valence-corrected chi connectivity index (χ4v) is 3.49. The Morgan fingerprint density at radius 2 is 1.44 bits per heavy atom. The molecule has 0 aromatic heterocycles. The highest BCUT2D eigenvalue weighted by molar-refractivity contribution is 5.70. The van der Waals surface area contributed by atoms with E-state index in [4.69, 9.17) is 23.7 Å². The molecule has 3 rings (SSSR count). The van der Waals surface area contributed by atoms with Crippen LogP contribution in [0.15, 0.2) is 60.7 Å². The normalized spacial score (nSPS) is 24.4. The number of benzene rings is 2. The largest absolute Gasteiger partial charge is 0.467 e. The number of hydrogen-bond donors (Lipinski definition) is 1. The highest BCUT2D eigenvalue weighted by Gasteiger charge is 2.48. The Balaban J connectivity index is 1.78. The predicted molar refractivity (Wildman–Crippen MR) is 119 cm³/mol. The van der Waals surface area contributed by atoms with Gasteiger partial charge in [0.05, 0.1) is 20.3 Å². The van der Waals surface area contributed by atoms with E-state index in [2.05, 4.69) is 4.74 Å². The van der Waals surface area contributed by atoms with Gasteiger partial charge < -0.3 is 33.5 Å². The average Bonchev–Trinajstić information content (AvgIpc) is 2.86. The summed E-state index contributed by atoms with van der Waals surface area (Å²) in [4.78, 5) is 23.1. The van der Waals surface area contributed by atoms with Gasteiger partial charge >= 0.3 is 11.9 Å². The maximum atomic E-state index is 11.6. The van der Waals surface area contributed by atoms with Crippen molar-refractivity contribution in [2.45, 2.75) is 50.8 Å². The van der Waals surface area contributed by atoms with Crippen LogP contribution in [0.3, 0.4) is 0 Å². The SMILES string of the molecule is COC(=O)CO[C@@H]1OC(COC(C)=O)[C@@H](OCc2ccccc2)C(O)C1OCc1ccccc1. The molecule has 1 saturated heterocycles. The molecular formula is C25H30O9. The lowest BCUT2D eigenvalue weighted by Crippen LogP contribution is -2.61. The van der Waals surface area contributed by atoms with Gasteiger partial charge in [0.1, 0.15) is 37.6 Å². The monoisotopic (exact) mass is 474 g/mol. The topological polar surface area (TPSA) is 110 Å². The summed E-state index contributed by atoms with van der Waals surface area (Å²) in [5.41, 5.74) is 1.77. The van der Waals surface area contributed by atoms with Crippen LogP contribution in [-0.2, 0) is 51.2 Å². The van der Waals surface area contributed by atoms with Gasteiger partial charge in [-0.3, -0.25) is 4.79 Å². The summed E-state index contributed by atoms with van der Waals surface area (Å²) in [5, 5.41) is 11.2. The molecule has 1 aliphatic rings. The minimum atomic E-state index is -1.20. The van der Waals surface area contributed by atoms with E-state index >= 15 is 0 Å². The van der Waals surface area contributed by atoms with Crippen LogP contribution in [0, 0.1) is 0 Å². The van der Waals surface area contributed by atoms with Crippen LogP contribution in [0.25, 0.3) is 0 Å². The van der Waals surface area contributed by atoms with Crippen LogP contribution in [0.5, 0.6) is 0 Å². The maximum Gasteiger partial charge on any atom is 0.331 e. The van der Waals surface area contributed by atoms with E-state index in [0.29, 0.717) is 0 Å². The Morgan fingerprint density at radius 3 is 1.97 bits per heavy atom. The quantitative estimate of drug-likeness (QED) is 0.489. The first-order chi connectivity index (χ1) is 16.5. The molecule has 0 saturated carbocycles. The third kappa shape index (κ3) is 7.61. The minimum Gasteiger partial charge on any atom is -0.467 e. The summed E-state index contributed by atoms with van der Waals surface area (Å²) in [7, 11) is 1.24. The molecule has 1 aliphatic heterocycles. The standard InChI is InChI=1S/C25H30O9/c1-17(26)30-15-20-23(31-13-18-9-5-3-6-10-18)22(28)24(25(34-20)33-16-21(27)29-2)32-14-19-11-7-4-8-12-19/h3-12,20,22-25,28H,13-16H2,1-2H3/t20?,22?,23-,24?,25-/m1/s1. The van der Waals surface area contributed by atoms with Gasteiger partial charge in [-0.25, -0.2) is 4.79 Å². The smallest absolute Gasteiger partial charge is 0.331 e. The number of hydrogen-bond acceptors (Lipinski definition) is 9. The Bertz CT molecular complexity index is 890. The van der Waals surface area contributed by atoms with Crippen molar-refractivity contribution in [3.63, 3.8) is 0 Å². The fraction of sp³-hybridized carbons (Fsp3) is 0.440. The number of aliphatic hydroxyl groups is 1. The van der Waals surface area contributed by atoms with Crippen LogP contribution in [0.2, 0.25) is 0 Å². The number of aliphatic hydroxyl groups excluding tert-OH is 1. The third-order valence-electron chi connectivity index (χ3n) is 5.23. The number of esters is 2. The fourth-order valence-electron chi connectivity index (χ4n) is 3.49. The van der Waals surface area contributed by atoms with Crippen molar-refractivity contribution in [2.24, 2.45) is 0 Å². The zero-order chi connectivity index (χ0) is 24.3. The second kappa shape index (κ2) is 13.2. The van der Waals surface area contributed by atoms with Gasteiger partial charge in [0.2, 0.25) is 0 Å². The molecule has 0 spiro atoms. The molecule has 34 heavy (non-hydrogen) atoms. The molecule has 0 amide bonds. The number of carbonyl (C=O) groups is 2. The average molecular weight is 475 g/mol. The first kappa shape index (κ1) is 25.8. The van der Waals surface area contributed by atoms with E-state index in [-0.39, 0.29) is 19.8 Å². The third-order valence-corrected chi connectivity index (χ3v) is 5.23. The molecule has 9 nitrogen and oxygen atoms in total. The van der Waals surface area contributed by atoms with E-state index < -0.39 is 49.3 Å². The summed E-state index contributed by atoms with van der Waals surface area (Å²) in [6.45, 7) is 1.06. The molecule has 1 fully saturated rings. The summed E-state index contributed by atoms with van der Waals surface area (Å²) >= 11 is 0. The van der Waals surface area contributed by atoms with Crippen molar-refractivity contribution in [1.29, 1.82) is 0 Å². The van der Waals surface area contributed by atoms with Crippen molar-refractivity contribution >= 4 is 11.9 Å². The van der Waals surface area contributed by atoms with E-state index in [1.54, 1.807) is 0 Å². The first-order valence-electron chi connectivity index (χ1n) is 10.9. The molecule has 0 radical (unpaired) electrons. The number of methoxy groups -OCH3 is 1. The van der Waals surface area contributed by atoms with Crippen molar-refractivity contribution in [3.8, 4) is 0 Å². The highest BCUT2D eigenvalue weighted by atomic mass is 16.7. The molecule has 1 heterocycles. The predicted octanol–water partition coefficient (Wildman–Crippen LogP) is 2.00. The van der Waals surface area contributed by atoms with Crippen LogP contribution in [0.4, 0.5) is 0 Å². The summed E-state index contributed by atoms with van der Waals surface area (Å²) in [5.74, 6) is -1.12. The lowest BCUT2D eigenvalue weighted by atomic mass is 9.98. The molecule has 5 atom stereocenters. The highest BCUT2D eigenvalue weighted by Crippen LogP contribution is 2.28. The minimum absolute atomic E-state index is 0.171. The Morgan fingerprint density at radius 1 is 0.882 bits per heavy atom. The van der Waals surface area contributed by atoms with Crippen LogP contribution >= 0.6 is 0 Å². The van der Waals surface area contributed by atoms with E-state index in [0.717, 1.165) is 11.1 Å². The summed E-state index contributed by atoms with van der Waals surface area (Å²) in [6.07, 6.45) is -5.07. The molecule has 9 heteroatoms. The molecule has 2 aromatic rings. The van der Waals surface area contributed by atoms with Crippen molar-refractivity contribution < 1.29 is 43.1 Å². The lowest BCUT2D eigenvalue weighted by Gasteiger charge is -2.43. The van der Waals surface area contributed by atoms with Gasteiger partial charge in [-0.2, -0.15) is 0 Å². The van der Waals surface area contributed by atoms with Crippen LogP contribution in [0.1, 0.15) is 18.1 Å². The van der Waals surface area contributed by atoms with Crippen molar-refractivity contribution in [3.05, 3.63) is 71.8 Å². The lowest BCUT2D eigenvalue weighted by molar-refractivity contribution is -0.318. The Hall–Kier alpha value is -2.82. The molecular weight excluding hydrogens is 444 g/mol. The van der Waals surface area contributed by atoms with Gasteiger partial charge in [-0.05, 0) is 11.1 Å². The molecule has 1 N–H and O–H groups in total. The van der Waals surface area contributed by atoms with Crippen molar-refractivity contribution in [1.82, 2.24) is 0 Å². The Kier molecular flexibility index (Phi) is 9.99. The number of carbonyl (C=O) groups excluding carboxylic acids is 2. The van der Waals surface area contributed by atoms with Gasteiger partial charge in [0.25, 0.3) is 0 Å². The van der Waals surface area contributed by atoms with Crippen LogP contribution in [-0.4, -0.2) is 68.1 Å². The number of ether oxygens (including phenoxy) is 6. The zero-order valence-corrected chi connectivity index (χ0v) is 19.2. The van der Waals surface area contributed by atoms with Gasteiger partial charge in [-0.1, -0.05) is 60.7 Å². The van der Waals surface area contributed by atoms with E-state index in [1.807, 2.05) is 60.7 Å². The van der Waals surface area contributed by atoms with E-state index in [9.17, 15) is 14.7 Å². The second-order valence-electron chi connectivity index (χ2n) is 7.75. The molecule has 184 valence electrons. The molecule has 2 aromatic carbocycles. The summed E-state index contributed by atoms with van der Waals surface area (Å²) < 4.78 is 33.3.